The molecule has 0 atom stereocenters. The van der Waals surface area contributed by atoms with Crippen molar-refractivity contribution in [3.63, 3.8) is 0 Å². The van der Waals surface area contributed by atoms with Crippen LogP contribution in [-0.4, -0.2) is 48.9 Å². The molecule has 1 saturated heterocycles. The maximum atomic E-state index is 12.6. The first-order valence-electron chi connectivity index (χ1n) is 8.16. The molecule has 2 heterocycles. The van der Waals surface area contributed by atoms with Crippen molar-refractivity contribution in [3.05, 3.63) is 45.8 Å². The Kier molecular flexibility index (Phi) is 5.88. The van der Waals surface area contributed by atoms with Gasteiger partial charge < -0.3 is 10.2 Å². The van der Waals surface area contributed by atoms with Crippen LogP contribution in [0.5, 0.6) is 0 Å². The van der Waals surface area contributed by atoms with Gasteiger partial charge in [0, 0.05) is 31.9 Å². The van der Waals surface area contributed by atoms with Crippen molar-refractivity contribution in [2.75, 3.05) is 31.5 Å². The molecule has 1 N–H and O–H groups in total. The fourth-order valence-corrected chi connectivity index (χ4v) is 6.08. The summed E-state index contributed by atoms with van der Waals surface area (Å²) in [7, 11) is -3.48. The van der Waals surface area contributed by atoms with Gasteiger partial charge in [-0.15, -0.1) is 11.3 Å². The molecule has 2 aromatic rings. The summed E-state index contributed by atoms with van der Waals surface area (Å²) in [5.41, 5.74) is 3.37. The fraction of sp³-hybridized carbons (Fsp3) is 0.353. The molecule has 1 aliphatic heterocycles. The molecule has 0 aliphatic carbocycles. The van der Waals surface area contributed by atoms with E-state index in [9.17, 15) is 8.42 Å². The Morgan fingerprint density at radius 1 is 1.12 bits per heavy atom. The van der Waals surface area contributed by atoms with E-state index < -0.39 is 10.0 Å². The molecule has 1 aromatic carbocycles. The molecule has 0 amide bonds. The van der Waals surface area contributed by atoms with Gasteiger partial charge in [0.25, 0.3) is 10.0 Å². The average Bonchev–Trinajstić information content (AvgIpc) is 3.05. The second kappa shape index (κ2) is 7.82. The monoisotopic (exact) mass is 429 g/mol. The molecule has 26 heavy (non-hydrogen) atoms. The Morgan fingerprint density at radius 2 is 1.81 bits per heavy atom. The molecule has 1 aromatic heterocycles. The van der Waals surface area contributed by atoms with Crippen LogP contribution >= 0.6 is 35.2 Å². The van der Waals surface area contributed by atoms with Crippen LogP contribution in [0.15, 0.2) is 34.5 Å². The van der Waals surface area contributed by atoms with Gasteiger partial charge in [0.05, 0.1) is 4.34 Å². The van der Waals surface area contributed by atoms with E-state index in [1.54, 1.807) is 12.1 Å². The highest BCUT2D eigenvalue weighted by molar-refractivity contribution is 7.91. The molecule has 0 unspecified atom stereocenters. The number of benzene rings is 1. The highest BCUT2D eigenvalue weighted by atomic mass is 35.5. The van der Waals surface area contributed by atoms with E-state index in [1.165, 1.54) is 15.4 Å². The lowest BCUT2D eigenvalue weighted by Crippen LogP contribution is -2.51. The van der Waals surface area contributed by atoms with Crippen LogP contribution in [-0.2, 0) is 10.0 Å². The first-order valence-corrected chi connectivity index (χ1v) is 11.2. The number of halogens is 1. The first kappa shape index (κ1) is 19.6. The quantitative estimate of drug-likeness (QED) is 0.753. The summed E-state index contributed by atoms with van der Waals surface area (Å²) in [6.07, 6.45) is 0. The van der Waals surface area contributed by atoms with Gasteiger partial charge in [-0.3, -0.25) is 0 Å². The summed E-state index contributed by atoms with van der Waals surface area (Å²) in [6, 6.07) is 9.27. The zero-order valence-corrected chi connectivity index (χ0v) is 17.7. The maximum Gasteiger partial charge on any atom is 0.252 e. The van der Waals surface area contributed by atoms with Crippen LogP contribution in [0.4, 0.5) is 5.69 Å². The second-order valence-electron chi connectivity index (χ2n) is 6.18. The lowest BCUT2D eigenvalue weighted by atomic mass is 10.1. The smallest absolute Gasteiger partial charge is 0.252 e. The van der Waals surface area contributed by atoms with Gasteiger partial charge in [0.1, 0.15) is 4.21 Å². The van der Waals surface area contributed by atoms with Crippen molar-refractivity contribution >= 4 is 56.0 Å². The highest BCUT2D eigenvalue weighted by Gasteiger charge is 2.30. The highest BCUT2D eigenvalue weighted by Crippen LogP contribution is 2.28. The molecule has 1 aliphatic rings. The van der Waals surface area contributed by atoms with Crippen LogP contribution in [0.25, 0.3) is 0 Å². The van der Waals surface area contributed by atoms with Crippen LogP contribution < -0.4 is 5.32 Å². The fourth-order valence-electron chi connectivity index (χ4n) is 2.72. The number of anilines is 1. The van der Waals surface area contributed by atoms with E-state index in [1.807, 2.05) is 11.0 Å². The number of thiocarbonyl (C=S) groups is 1. The van der Waals surface area contributed by atoms with Crippen LogP contribution in [0.1, 0.15) is 11.1 Å². The van der Waals surface area contributed by atoms with Crippen LogP contribution in [0.3, 0.4) is 0 Å². The number of thiophene rings is 1. The molecule has 9 heteroatoms. The summed E-state index contributed by atoms with van der Waals surface area (Å²) < 4.78 is 27.5. The largest absolute Gasteiger partial charge is 0.346 e. The van der Waals surface area contributed by atoms with Gasteiger partial charge in [0.2, 0.25) is 0 Å². The third-order valence-electron chi connectivity index (χ3n) is 4.43. The van der Waals surface area contributed by atoms with E-state index in [2.05, 4.69) is 31.3 Å². The van der Waals surface area contributed by atoms with E-state index in [4.69, 9.17) is 23.8 Å². The third-order valence-corrected chi connectivity index (χ3v) is 8.38. The number of sulfonamides is 1. The minimum absolute atomic E-state index is 0.284. The zero-order chi connectivity index (χ0) is 18.9. The van der Waals surface area contributed by atoms with Crippen molar-refractivity contribution in [2.24, 2.45) is 0 Å². The summed E-state index contributed by atoms with van der Waals surface area (Å²) in [5.74, 6) is 0. The number of piperazine rings is 1. The lowest BCUT2D eigenvalue weighted by molar-refractivity contribution is 0.269. The van der Waals surface area contributed by atoms with Gasteiger partial charge in [-0.05, 0) is 61.5 Å². The van der Waals surface area contributed by atoms with Gasteiger partial charge in [-0.1, -0.05) is 17.7 Å². The topological polar surface area (TPSA) is 52.6 Å². The number of nitrogens with one attached hydrogen (secondary N) is 1. The number of nitrogens with zero attached hydrogens (tertiary/aromatic N) is 2. The standard InChI is InChI=1S/C17H20ClN3O2S3/c1-12-3-4-14(11-13(12)2)19-17(24)20-7-9-21(10-8-20)26(22,23)16-6-5-15(18)25-16/h3-6,11H,7-10H2,1-2H3,(H,19,24). The van der Waals surface area contributed by atoms with Gasteiger partial charge in [-0.25, -0.2) is 8.42 Å². The van der Waals surface area contributed by atoms with Crippen LogP contribution in [0, 0.1) is 13.8 Å². The van der Waals surface area contributed by atoms with E-state index in [0.29, 0.717) is 35.6 Å². The minimum Gasteiger partial charge on any atom is -0.346 e. The Bertz CT molecular complexity index is 919. The molecule has 3 rings (SSSR count). The Balaban J connectivity index is 1.61. The molecule has 140 valence electrons. The number of hydrogen-bond donors (Lipinski definition) is 1. The Labute approximate surface area is 168 Å². The SMILES string of the molecule is Cc1ccc(NC(=S)N2CCN(S(=O)(=O)c3ccc(Cl)s3)CC2)cc1C. The summed E-state index contributed by atoms with van der Waals surface area (Å²) in [6.45, 7) is 6.02. The average molecular weight is 430 g/mol. The summed E-state index contributed by atoms with van der Waals surface area (Å²) in [4.78, 5) is 2.00. The van der Waals surface area contributed by atoms with Gasteiger partial charge in [-0.2, -0.15) is 4.31 Å². The minimum atomic E-state index is -3.48. The lowest BCUT2D eigenvalue weighted by Gasteiger charge is -2.35. The summed E-state index contributed by atoms with van der Waals surface area (Å²) >= 11 is 12.4. The van der Waals surface area contributed by atoms with Crippen molar-refractivity contribution in [1.29, 1.82) is 0 Å². The van der Waals surface area contributed by atoms with Crippen molar-refractivity contribution in [1.82, 2.24) is 9.21 Å². The summed E-state index contributed by atoms with van der Waals surface area (Å²) in [5, 5.41) is 3.86. The molecule has 1 fully saturated rings. The van der Waals surface area contributed by atoms with Crippen molar-refractivity contribution in [3.8, 4) is 0 Å². The Hall–Kier alpha value is -1.19. The number of rotatable bonds is 3. The predicted molar refractivity (Wildman–Crippen MR) is 112 cm³/mol. The molecule has 5 nitrogen and oxygen atoms in total. The molecular weight excluding hydrogens is 410 g/mol. The van der Waals surface area contributed by atoms with Crippen molar-refractivity contribution < 1.29 is 8.42 Å². The third kappa shape index (κ3) is 4.20. The molecular formula is C17H20ClN3O2S3. The molecule has 0 bridgehead atoms. The van der Waals surface area contributed by atoms with Crippen molar-refractivity contribution in [2.45, 2.75) is 18.1 Å². The molecule has 0 radical (unpaired) electrons. The molecule has 0 saturated carbocycles. The van der Waals surface area contributed by atoms with Gasteiger partial charge >= 0.3 is 0 Å². The van der Waals surface area contributed by atoms with E-state index >= 15 is 0 Å². The van der Waals surface area contributed by atoms with E-state index in [-0.39, 0.29) is 4.21 Å². The first-order chi connectivity index (χ1) is 12.3. The maximum absolute atomic E-state index is 12.6. The second-order valence-corrected chi connectivity index (χ2v) is 10.4. The number of hydrogen-bond acceptors (Lipinski definition) is 4. The van der Waals surface area contributed by atoms with Crippen LogP contribution in [0.2, 0.25) is 4.34 Å². The normalized spacial score (nSPS) is 15.9. The number of aryl methyl sites for hydroxylation is 2. The van der Waals surface area contributed by atoms with Gasteiger partial charge in [0.15, 0.2) is 5.11 Å². The zero-order valence-electron chi connectivity index (χ0n) is 14.5. The molecule has 0 spiro atoms. The van der Waals surface area contributed by atoms with E-state index in [0.717, 1.165) is 17.0 Å². The predicted octanol–water partition coefficient (Wildman–Crippen LogP) is 3.72. The Morgan fingerprint density at radius 3 is 2.38 bits per heavy atom.